The summed E-state index contributed by atoms with van der Waals surface area (Å²) < 4.78 is 5.44. The molecular weight excluding hydrogens is 386 g/mol. The van der Waals surface area contributed by atoms with Crippen LogP contribution in [-0.4, -0.2) is 42.0 Å². The van der Waals surface area contributed by atoms with E-state index in [-0.39, 0.29) is 31.2 Å². The van der Waals surface area contributed by atoms with E-state index in [9.17, 15) is 9.59 Å². The maximum Gasteiger partial charge on any atom is 0.303 e. The van der Waals surface area contributed by atoms with E-state index in [1.807, 2.05) is 0 Å². The molecule has 3 aromatic rings. The van der Waals surface area contributed by atoms with Gasteiger partial charge in [-0.05, 0) is 24.3 Å². The largest absolute Gasteiger partial charge is 0.481 e. The van der Waals surface area contributed by atoms with Gasteiger partial charge in [-0.15, -0.1) is 0 Å². The molecule has 0 bridgehead atoms. The predicted molar refractivity (Wildman–Crippen MR) is 97.2 cm³/mol. The zero-order chi connectivity index (χ0) is 19.7. The minimum absolute atomic E-state index is 0.104. The average Bonchev–Trinajstić information content (AvgIpc) is 3.34. The van der Waals surface area contributed by atoms with E-state index in [0.29, 0.717) is 17.3 Å². The summed E-state index contributed by atoms with van der Waals surface area (Å²) in [6.07, 6.45) is 1.63. The lowest BCUT2D eigenvalue weighted by molar-refractivity contribution is -0.142. The highest BCUT2D eigenvalue weighted by atomic mass is 35.5. The van der Waals surface area contributed by atoms with Crippen LogP contribution in [0.4, 0.5) is 0 Å². The number of halogens is 1. The lowest BCUT2D eigenvalue weighted by Gasteiger charge is -2.32. The maximum absolute atomic E-state index is 12.7. The summed E-state index contributed by atoms with van der Waals surface area (Å²) in [5.74, 6) is -0.648. The molecule has 9 nitrogen and oxygen atoms in total. The van der Waals surface area contributed by atoms with Crippen LogP contribution in [0.2, 0.25) is 5.02 Å². The second-order valence-corrected chi connectivity index (χ2v) is 6.86. The summed E-state index contributed by atoms with van der Waals surface area (Å²) in [5, 5.41) is 13.5. The molecule has 3 heterocycles. The molecule has 1 unspecified atom stereocenters. The number of nitrogens with zero attached hydrogens (tertiary/aromatic N) is 4. The van der Waals surface area contributed by atoms with Gasteiger partial charge in [-0.25, -0.2) is 4.98 Å². The van der Waals surface area contributed by atoms with Gasteiger partial charge in [0, 0.05) is 23.4 Å². The highest BCUT2D eigenvalue weighted by Crippen LogP contribution is 2.32. The van der Waals surface area contributed by atoms with Crippen LogP contribution in [0.15, 0.2) is 35.1 Å². The van der Waals surface area contributed by atoms with Crippen molar-refractivity contribution in [1.82, 2.24) is 25.0 Å². The number of carboxylic acids is 1. The Morgan fingerprint density at radius 1 is 1.29 bits per heavy atom. The van der Waals surface area contributed by atoms with Gasteiger partial charge >= 0.3 is 5.97 Å². The van der Waals surface area contributed by atoms with Crippen molar-refractivity contribution < 1.29 is 19.2 Å². The smallest absolute Gasteiger partial charge is 0.303 e. The van der Waals surface area contributed by atoms with E-state index >= 15 is 0 Å². The quantitative estimate of drug-likeness (QED) is 0.672. The van der Waals surface area contributed by atoms with E-state index in [4.69, 9.17) is 21.2 Å². The molecule has 1 aliphatic rings. The lowest BCUT2D eigenvalue weighted by atomic mass is 10.0. The van der Waals surface area contributed by atoms with Crippen LogP contribution < -0.4 is 0 Å². The van der Waals surface area contributed by atoms with Crippen molar-refractivity contribution in [3.8, 4) is 11.4 Å². The van der Waals surface area contributed by atoms with Crippen LogP contribution in [0.5, 0.6) is 0 Å². The second kappa shape index (κ2) is 7.43. The third-order valence-electron chi connectivity index (χ3n) is 4.60. The van der Waals surface area contributed by atoms with Gasteiger partial charge in [0.15, 0.2) is 0 Å². The van der Waals surface area contributed by atoms with Gasteiger partial charge in [0.05, 0.1) is 30.7 Å². The molecule has 28 heavy (non-hydrogen) atoms. The number of H-pyrrole nitrogens is 1. The first-order chi connectivity index (χ1) is 13.5. The molecule has 2 aromatic heterocycles. The minimum atomic E-state index is -1.02. The number of aromatic nitrogens is 4. The Morgan fingerprint density at radius 3 is 2.82 bits per heavy atom. The summed E-state index contributed by atoms with van der Waals surface area (Å²) in [4.78, 5) is 36.8. The molecule has 0 fully saturated rings. The first kappa shape index (κ1) is 18.2. The van der Waals surface area contributed by atoms with E-state index in [1.165, 1.54) is 0 Å². The number of benzene rings is 1. The molecule has 4 rings (SSSR count). The molecule has 144 valence electrons. The van der Waals surface area contributed by atoms with Crippen LogP contribution in [0.3, 0.4) is 0 Å². The number of amides is 1. The minimum Gasteiger partial charge on any atom is -0.481 e. The van der Waals surface area contributed by atoms with E-state index in [1.54, 1.807) is 35.5 Å². The van der Waals surface area contributed by atoms with Gasteiger partial charge < -0.3 is 19.5 Å². The predicted octanol–water partition coefficient (Wildman–Crippen LogP) is 2.60. The number of rotatable bonds is 5. The van der Waals surface area contributed by atoms with Gasteiger partial charge in [0.2, 0.25) is 17.6 Å². The summed E-state index contributed by atoms with van der Waals surface area (Å²) in [7, 11) is 0. The number of carbonyl (C=O) groups excluding carboxylic acids is 1. The fourth-order valence-corrected chi connectivity index (χ4v) is 3.29. The van der Waals surface area contributed by atoms with E-state index in [2.05, 4.69) is 20.1 Å². The highest BCUT2D eigenvalue weighted by Gasteiger charge is 2.36. The number of nitrogens with one attached hydrogen (secondary N) is 1. The summed E-state index contributed by atoms with van der Waals surface area (Å²) in [5.41, 5.74) is 2.37. The van der Waals surface area contributed by atoms with Crippen LogP contribution in [0.1, 0.15) is 36.2 Å². The Labute approximate surface area is 164 Å². The standard InChI is InChI=1S/C18H16ClN5O4/c19-11-3-1-10(2-4-11)17-22-18(28-23-17)14-7-12-13(21-9-20-12)8-24(14)15(25)5-6-16(26)27/h1-4,9,14H,5-8H2,(H,20,21)(H,26,27). The molecular formula is C18H16ClN5O4. The van der Waals surface area contributed by atoms with Crippen molar-refractivity contribution in [3.63, 3.8) is 0 Å². The third-order valence-corrected chi connectivity index (χ3v) is 4.85. The van der Waals surface area contributed by atoms with E-state index < -0.39 is 12.0 Å². The van der Waals surface area contributed by atoms with Gasteiger partial charge in [-0.1, -0.05) is 16.8 Å². The summed E-state index contributed by atoms with van der Waals surface area (Å²) in [6.45, 7) is 0.275. The number of aliphatic carboxylic acids is 1. The fourth-order valence-electron chi connectivity index (χ4n) is 3.16. The van der Waals surface area contributed by atoms with Crippen molar-refractivity contribution in [2.24, 2.45) is 0 Å². The van der Waals surface area contributed by atoms with Gasteiger partial charge in [-0.2, -0.15) is 4.98 Å². The van der Waals surface area contributed by atoms with Crippen LogP contribution in [0.25, 0.3) is 11.4 Å². The van der Waals surface area contributed by atoms with Crippen molar-refractivity contribution in [2.75, 3.05) is 0 Å². The zero-order valence-corrected chi connectivity index (χ0v) is 15.4. The maximum atomic E-state index is 12.7. The van der Waals surface area contributed by atoms with Crippen molar-refractivity contribution in [1.29, 1.82) is 0 Å². The Hall–Kier alpha value is -3.20. The zero-order valence-electron chi connectivity index (χ0n) is 14.6. The normalized spacial score (nSPS) is 16.0. The summed E-state index contributed by atoms with van der Waals surface area (Å²) in [6, 6.07) is 6.50. The number of aromatic amines is 1. The molecule has 2 N–H and O–H groups in total. The molecule has 0 saturated heterocycles. The highest BCUT2D eigenvalue weighted by molar-refractivity contribution is 6.30. The van der Waals surface area contributed by atoms with Gasteiger partial charge in [-0.3, -0.25) is 9.59 Å². The first-order valence-electron chi connectivity index (χ1n) is 8.63. The number of carboxylic acid groups (broad SMARTS) is 1. The average molecular weight is 402 g/mol. The summed E-state index contributed by atoms with van der Waals surface area (Å²) >= 11 is 5.91. The lowest BCUT2D eigenvalue weighted by Crippen LogP contribution is -2.39. The van der Waals surface area contributed by atoms with Crippen LogP contribution in [0, 0.1) is 0 Å². The molecule has 0 saturated carbocycles. The molecule has 1 aliphatic heterocycles. The van der Waals surface area contributed by atoms with Crippen molar-refractivity contribution in [2.45, 2.75) is 31.8 Å². The molecule has 0 radical (unpaired) electrons. The van der Waals surface area contributed by atoms with Crippen LogP contribution in [-0.2, 0) is 22.6 Å². The SMILES string of the molecule is O=C(O)CCC(=O)N1Cc2[nH]cnc2CC1c1nc(-c2ccc(Cl)cc2)no1. The third kappa shape index (κ3) is 3.61. The van der Waals surface area contributed by atoms with E-state index in [0.717, 1.165) is 17.0 Å². The Morgan fingerprint density at radius 2 is 2.07 bits per heavy atom. The number of hydrogen-bond acceptors (Lipinski definition) is 6. The van der Waals surface area contributed by atoms with Gasteiger partial charge in [0.1, 0.15) is 6.04 Å². The number of carbonyl (C=O) groups is 2. The number of imidazole rings is 1. The molecule has 10 heteroatoms. The fraction of sp³-hybridized carbons (Fsp3) is 0.278. The Balaban J connectivity index is 1.62. The number of fused-ring (bicyclic) bond motifs is 1. The first-order valence-corrected chi connectivity index (χ1v) is 9.01. The van der Waals surface area contributed by atoms with Gasteiger partial charge in [0.25, 0.3) is 0 Å². The topological polar surface area (TPSA) is 125 Å². The Kier molecular flexibility index (Phi) is 4.82. The molecule has 0 aliphatic carbocycles. The Bertz CT molecular complexity index is 1010. The second-order valence-electron chi connectivity index (χ2n) is 6.43. The molecule has 1 aromatic carbocycles. The monoisotopic (exact) mass is 401 g/mol. The van der Waals surface area contributed by atoms with Crippen LogP contribution >= 0.6 is 11.6 Å². The number of hydrogen-bond donors (Lipinski definition) is 2. The van der Waals surface area contributed by atoms with Crippen molar-refractivity contribution >= 4 is 23.5 Å². The van der Waals surface area contributed by atoms with Crippen molar-refractivity contribution in [3.05, 3.63) is 52.9 Å². The molecule has 0 spiro atoms. The molecule has 1 atom stereocenters. The molecule has 1 amide bonds.